The van der Waals surface area contributed by atoms with Crippen LogP contribution in [0.15, 0.2) is 194 Å². The van der Waals surface area contributed by atoms with Crippen LogP contribution in [-0.4, -0.2) is 4.57 Å². The summed E-state index contributed by atoms with van der Waals surface area (Å²) in [7, 11) is 0. The van der Waals surface area contributed by atoms with Crippen molar-refractivity contribution in [2.24, 2.45) is 0 Å². The molecule has 10 aromatic rings. The van der Waals surface area contributed by atoms with E-state index in [9.17, 15) is 0 Å². The van der Waals surface area contributed by atoms with Gasteiger partial charge in [-0.1, -0.05) is 211 Å². The molecule has 0 saturated carbocycles. The van der Waals surface area contributed by atoms with Gasteiger partial charge >= 0.3 is 0 Å². The first kappa shape index (κ1) is 58.9. The Morgan fingerprint density at radius 3 is 0.812 bits per heavy atom. The van der Waals surface area contributed by atoms with Gasteiger partial charge in [0.05, 0.1) is 16.7 Å². The third-order valence-electron chi connectivity index (χ3n) is 18.1. The highest BCUT2D eigenvalue weighted by atomic mass is 15.2. The summed E-state index contributed by atoms with van der Waals surface area (Å²) in [6.45, 7) is 46.2. The molecule has 4 heteroatoms. The largest absolute Gasteiger partial charge is 0.310 e. The van der Waals surface area contributed by atoms with Crippen LogP contribution in [0.25, 0.3) is 27.5 Å². The van der Waals surface area contributed by atoms with Gasteiger partial charge in [-0.25, -0.2) is 0 Å². The van der Waals surface area contributed by atoms with Gasteiger partial charge in [-0.05, 0) is 198 Å². The standard InChI is InChI=1S/C81H92N4/c1-75(2,3)53-21-33-59(34-22-53)82(60-35-23-54(24-36-60)76(4,5)6)65-45-47-72-68(49-65)69-50-67(84(63-41-29-57(30-42-63)79(13,14)15)64-43-31-58(32-44-64)80(16,17)18)52-71-74(69)85(72)73-48-46-66(51-70(73)81(71,19)20)83(61-37-25-55(26-38-61)77(7,8)9)62-39-27-56(28-40-62)78(10,11)12/h21-52H,1-20H3. The maximum absolute atomic E-state index is 2.58. The Balaban J connectivity index is 1.19. The van der Waals surface area contributed by atoms with Crippen LogP contribution in [0.2, 0.25) is 0 Å². The van der Waals surface area contributed by atoms with Gasteiger partial charge in [-0.2, -0.15) is 0 Å². The molecule has 0 radical (unpaired) electrons. The predicted molar refractivity (Wildman–Crippen MR) is 369 cm³/mol. The molecule has 0 amide bonds. The molecule has 0 atom stereocenters. The second kappa shape index (κ2) is 20.7. The highest BCUT2D eigenvalue weighted by molar-refractivity contribution is 6.14. The summed E-state index contributed by atoms with van der Waals surface area (Å²) in [4.78, 5) is 7.40. The molecular weight excluding hydrogens is 1030 g/mol. The molecule has 1 aromatic heterocycles. The van der Waals surface area contributed by atoms with Crippen LogP contribution in [0, 0.1) is 0 Å². The maximum atomic E-state index is 2.58. The van der Waals surface area contributed by atoms with Crippen molar-refractivity contribution in [3.8, 4) is 5.69 Å². The first-order valence-electron chi connectivity index (χ1n) is 31.0. The van der Waals surface area contributed by atoms with Crippen LogP contribution >= 0.6 is 0 Å². The van der Waals surface area contributed by atoms with E-state index in [1.54, 1.807) is 0 Å². The lowest BCUT2D eigenvalue weighted by atomic mass is 9.74. The Bertz CT molecular complexity index is 3900. The van der Waals surface area contributed by atoms with Crippen LogP contribution in [-0.2, 0) is 37.9 Å². The van der Waals surface area contributed by atoms with Gasteiger partial charge in [0.2, 0.25) is 0 Å². The molecule has 85 heavy (non-hydrogen) atoms. The zero-order valence-corrected chi connectivity index (χ0v) is 54.8. The molecule has 0 N–H and O–H groups in total. The fourth-order valence-corrected chi connectivity index (χ4v) is 12.6. The summed E-state index contributed by atoms with van der Waals surface area (Å²) in [5.74, 6) is 0. The minimum atomic E-state index is -0.446. The van der Waals surface area contributed by atoms with E-state index in [-0.39, 0.29) is 32.5 Å². The van der Waals surface area contributed by atoms with Gasteiger partial charge in [-0.15, -0.1) is 0 Å². The molecule has 0 saturated heterocycles. The van der Waals surface area contributed by atoms with Crippen molar-refractivity contribution >= 4 is 73.0 Å². The highest BCUT2D eigenvalue weighted by Crippen LogP contribution is 2.53. The number of fused-ring (bicyclic) bond motifs is 5. The molecule has 436 valence electrons. The van der Waals surface area contributed by atoms with E-state index in [1.807, 2.05) is 0 Å². The van der Waals surface area contributed by atoms with Gasteiger partial charge < -0.3 is 19.3 Å². The Labute approximate surface area is 510 Å². The molecule has 1 aliphatic rings. The number of anilines is 9. The quantitative estimate of drug-likeness (QED) is 0.143. The molecule has 2 heterocycles. The summed E-state index contributed by atoms with van der Waals surface area (Å²) in [5, 5.41) is 2.43. The number of benzene rings is 9. The van der Waals surface area contributed by atoms with E-state index in [4.69, 9.17) is 0 Å². The van der Waals surface area contributed by atoms with E-state index in [0.29, 0.717) is 0 Å². The van der Waals surface area contributed by atoms with Gasteiger partial charge in [0.25, 0.3) is 0 Å². The monoisotopic (exact) mass is 1120 g/mol. The van der Waals surface area contributed by atoms with E-state index >= 15 is 0 Å². The van der Waals surface area contributed by atoms with Crippen molar-refractivity contribution in [3.05, 3.63) is 239 Å². The van der Waals surface area contributed by atoms with Crippen LogP contribution in [0.4, 0.5) is 51.2 Å². The topological polar surface area (TPSA) is 14.7 Å². The highest BCUT2D eigenvalue weighted by Gasteiger charge is 2.38. The van der Waals surface area contributed by atoms with Crippen molar-refractivity contribution in [3.63, 3.8) is 0 Å². The molecular formula is C81H92N4. The lowest BCUT2D eigenvalue weighted by Gasteiger charge is -2.37. The SMILES string of the molecule is CC(C)(C)c1ccc(N(c2ccc(C(C)(C)C)cc2)c2ccc3c(c2)C(C)(C)c2cc(N(c4ccc(C(C)(C)C)cc4)c4ccc(C(C)(C)C)cc4)cc4c5cc(N(c6ccc(C(C)(C)C)cc6)c6ccc(C(C)(C)C)cc6)ccc5n-3c24)cc1. The Morgan fingerprint density at radius 2 is 0.506 bits per heavy atom. The van der Waals surface area contributed by atoms with Crippen molar-refractivity contribution in [1.29, 1.82) is 0 Å². The summed E-state index contributed by atoms with van der Waals surface area (Å²) >= 11 is 0. The van der Waals surface area contributed by atoms with E-state index in [0.717, 1.165) is 51.2 Å². The van der Waals surface area contributed by atoms with Crippen molar-refractivity contribution in [2.75, 3.05) is 14.7 Å². The molecule has 0 aliphatic carbocycles. The van der Waals surface area contributed by atoms with Crippen molar-refractivity contribution in [2.45, 2.75) is 176 Å². The summed E-state index contributed by atoms with van der Waals surface area (Å²) in [5.41, 5.74) is 23.8. The predicted octanol–water partition coefficient (Wildman–Crippen LogP) is 23.6. The molecule has 11 rings (SSSR count). The van der Waals surface area contributed by atoms with E-state index < -0.39 is 5.41 Å². The fourth-order valence-electron chi connectivity index (χ4n) is 12.6. The first-order valence-corrected chi connectivity index (χ1v) is 31.0. The normalized spacial score (nSPS) is 13.7. The number of rotatable bonds is 9. The fraction of sp³-hybridized carbons (Fsp3) is 0.333. The average molecular weight is 1120 g/mol. The zero-order valence-electron chi connectivity index (χ0n) is 54.8. The molecule has 9 aromatic carbocycles. The van der Waals surface area contributed by atoms with E-state index in [2.05, 4.69) is 352 Å². The van der Waals surface area contributed by atoms with Gasteiger partial charge in [0.15, 0.2) is 0 Å². The molecule has 4 nitrogen and oxygen atoms in total. The van der Waals surface area contributed by atoms with Crippen LogP contribution in [0.3, 0.4) is 0 Å². The summed E-state index contributed by atoms with van der Waals surface area (Å²) < 4.78 is 2.58. The number of aromatic nitrogens is 1. The van der Waals surface area contributed by atoms with Crippen LogP contribution in [0.1, 0.15) is 183 Å². The molecule has 0 unspecified atom stereocenters. The zero-order chi connectivity index (χ0) is 61.1. The summed E-state index contributed by atoms with van der Waals surface area (Å²) in [6.07, 6.45) is 0. The van der Waals surface area contributed by atoms with Gasteiger partial charge in [-0.3, -0.25) is 0 Å². The second-order valence-corrected chi connectivity index (χ2v) is 31.0. The second-order valence-electron chi connectivity index (χ2n) is 31.0. The number of nitrogens with zero attached hydrogens (tertiary/aromatic N) is 4. The van der Waals surface area contributed by atoms with Gasteiger partial charge in [0, 0.05) is 67.4 Å². The number of hydrogen-bond acceptors (Lipinski definition) is 3. The smallest absolute Gasteiger partial charge is 0.0583 e. The number of hydrogen-bond donors (Lipinski definition) is 0. The van der Waals surface area contributed by atoms with Gasteiger partial charge in [0.1, 0.15) is 0 Å². The molecule has 0 bridgehead atoms. The Kier molecular flexibility index (Phi) is 14.4. The molecule has 0 spiro atoms. The maximum Gasteiger partial charge on any atom is 0.0583 e. The van der Waals surface area contributed by atoms with Crippen LogP contribution < -0.4 is 14.7 Å². The third kappa shape index (κ3) is 11.1. The minimum absolute atomic E-state index is 0.00901. The van der Waals surface area contributed by atoms with Crippen molar-refractivity contribution in [1.82, 2.24) is 4.57 Å². The average Bonchev–Trinajstić information content (AvgIpc) is 1.60. The first-order chi connectivity index (χ1) is 39.7. The molecule has 1 aliphatic heterocycles. The minimum Gasteiger partial charge on any atom is -0.310 e. The Morgan fingerprint density at radius 1 is 0.259 bits per heavy atom. The lowest BCUT2D eigenvalue weighted by Crippen LogP contribution is -2.27. The lowest BCUT2D eigenvalue weighted by molar-refractivity contribution is 0.590. The van der Waals surface area contributed by atoms with Crippen molar-refractivity contribution < 1.29 is 0 Å². The third-order valence-corrected chi connectivity index (χ3v) is 18.1. The van der Waals surface area contributed by atoms with E-state index in [1.165, 1.54) is 72.0 Å². The summed E-state index contributed by atoms with van der Waals surface area (Å²) in [6, 6.07) is 75.0. The molecule has 0 fully saturated rings. The van der Waals surface area contributed by atoms with Crippen LogP contribution in [0.5, 0.6) is 0 Å². The Hall–Kier alpha value is -7.82.